The molecular weight excluding hydrogens is 428 g/mol. The summed E-state index contributed by atoms with van der Waals surface area (Å²) in [5, 5.41) is 20.9. The number of aliphatic hydroxyl groups is 2. The monoisotopic (exact) mass is 458 g/mol. The lowest BCUT2D eigenvalue weighted by molar-refractivity contribution is -0.141. The Labute approximate surface area is 192 Å². The Morgan fingerprint density at radius 2 is 1.91 bits per heavy atom. The van der Waals surface area contributed by atoms with Gasteiger partial charge in [0.05, 0.1) is 37.1 Å². The number of esters is 1. The van der Waals surface area contributed by atoms with Gasteiger partial charge in [0.25, 0.3) is 0 Å². The molecule has 178 valence electrons. The quantitative estimate of drug-likeness (QED) is 0.648. The van der Waals surface area contributed by atoms with E-state index >= 15 is 0 Å². The number of benzene rings is 1. The van der Waals surface area contributed by atoms with Gasteiger partial charge in [-0.2, -0.15) is 0 Å². The fraction of sp³-hybridized carbons (Fsp3) is 0.520. The molecule has 4 rings (SSSR count). The lowest BCUT2D eigenvalue weighted by Gasteiger charge is -2.28. The highest BCUT2D eigenvalue weighted by atomic mass is 16.6. The van der Waals surface area contributed by atoms with Crippen molar-refractivity contribution in [3.63, 3.8) is 0 Å². The number of carbonyl (C=O) groups excluding carboxylic acids is 2. The minimum atomic E-state index is -1.13. The van der Waals surface area contributed by atoms with Crippen molar-refractivity contribution in [3.8, 4) is 17.2 Å². The molecule has 1 saturated carbocycles. The summed E-state index contributed by atoms with van der Waals surface area (Å²) in [6.45, 7) is 4.82. The second-order valence-electron chi connectivity index (χ2n) is 9.03. The lowest BCUT2D eigenvalue weighted by atomic mass is 9.84. The van der Waals surface area contributed by atoms with Gasteiger partial charge < -0.3 is 29.2 Å². The third-order valence-corrected chi connectivity index (χ3v) is 6.38. The molecule has 2 N–H and O–H groups in total. The van der Waals surface area contributed by atoms with Crippen molar-refractivity contribution in [2.45, 2.75) is 71.2 Å². The number of carbonyl (C=O) groups is 2. The van der Waals surface area contributed by atoms with Gasteiger partial charge in [0.15, 0.2) is 0 Å². The third kappa shape index (κ3) is 4.13. The summed E-state index contributed by atoms with van der Waals surface area (Å²) in [6, 6.07) is 0. The van der Waals surface area contributed by atoms with E-state index in [4.69, 9.17) is 18.9 Å². The first kappa shape index (κ1) is 23.3. The van der Waals surface area contributed by atoms with E-state index in [1.54, 1.807) is 34.0 Å². The maximum absolute atomic E-state index is 12.6. The van der Waals surface area contributed by atoms with Crippen LogP contribution in [0.3, 0.4) is 0 Å². The molecule has 1 unspecified atom stereocenters. The SMILES string of the molecule is CCOC(=O)C1=CC(=C2CCC(=O)CC2)c2c(OC)c3c(c(CO)c2O1)OC(C(C)(C)O)C3. The van der Waals surface area contributed by atoms with Gasteiger partial charge in [0, 0.05) is 24.8 Å². The highest BCUT2D eigenvalue weighted by molar-refractivity contribution is 5.97. The van der Waals surface area contributed by atoms with Gasteiger partial charge in [-0.1, -0.05) is 5.57 Å². The van der Waals surface area contributed by atoms with Crippen LogP contribution in [-0.2, 0) is 27.4 Å². The zero-order valence-electron chi connectivity index (χ0n) is 19.4. The van der Waals surface area contributed by atoms with Crippen molar-refractivity contribution >= 4 is 17.3 Å². The fourth-order valence-corrected chi connectivity index (χ4v) is 4.63. The number of ketones is 1. The van der Waals surface area contributed by atoms with E-state index in [1.807, 2.05) is 0 Å². The molecule has 8 heteroatoms. The summed E-state index contributed by atoms with van der Waals surface area (Å²) in [5.74, 6) is 0.773. The molecule has 0 bridgehead atoms. The first-order valence-electron chi connectivity index (χ1n) is 11.3. The molecule has 1 aromatic rings. The maximum atomic E-state index is 12.6. The van der Waals surface area contributed by atoms with Gasteiger partial charge in [-0.05, 0) is 45.3 Å². The Morgan fingerprint density at radius 1 is 1.21 bits per heavy atom. The summed E-state index contributed by atoms with van der Waals surface area (Å²) in [4.78, 5) is 24.5. The van der Waals surface area contributed by atoms with Crippen molar-refractivity contribution in [1.29, 1.82) is 0 Å². The zero-order chi connectivity index (χ0) is 23.9. The van der Waals surface area contributed by atoms with Gasteiger partial charge in [0.1, 0.15) is 29.1 Å². The summed E-state index contributed by atoms with van der Waals surface area (Å²) in [7, 11) is 1.54. The summed E-state index contributed by atoms with van der Waals surface area (Å²) in [5.41, 5.74) is 2.37. The maximum Gasteiger partial charge on any atom is 0.374 e. The standard InChI is InChI=1S/C25H30O8/c1-5-31-24(28)18-10-15(13-6-8-14(27)9-7-13)20-22(30-4)16-11-19(25(2,3)29)33-21(16)17(12-26)23(20)32-18/h10,19,26,29H,5-9,11-12H2,1-4H3. The highest BCUT2D eigenvalue weighted by Crippen LogP contribution is 2.54. The summed E-state index contributed by atoms with van der Waals surface area (Å²) in [6.07, 6.45) is 3.48. The molecule has 1 aliphatic carbocycles. The third-order valence-electron chi connectivity index (χ3n) is 6.38. The number of aliphatic hydroxyl groups excluding tert-OH is 1. The molecule has 0 spiro atoms. The summed E-state index contributed by atoms with van der Waals surface area (Å²) < 4.78 is 23.1. The molecule has 2 aliphatic heterocycles. The van der Waals surface area contributed by atoms with Gasteiger partial charge >= 0.3 is 5.97 Å². The highest BCUT2D eigenvalue weighted by Gasteiger charge is 2.42. The number of rotatable bonds is 5. The van der Waals surface area contributed by atoms with Crippen LogP contribution in [0.2, 0.25) is 0 Å². The smallest absolute Gasteiger partial charge is 0.374 e. The normalized spacial score (nSPS) is 19.9. The van der Waals surface area contributed by atoms with E-state index in [2.05, 4.69) is 0 Å². The number of hydrogen-bond acceptors (Lipinski definition) is 8. The molecule has 1 aromatic carbocycles. The van der Waals surface area contributed by atoms with E-state index in [0.29, 0.717) is 54.7 Å². The van der Waals surface area contributed by atoms with Crippen molar-refractivity contribution in [2.75, 3.05) is 13.7 Å². The minimum Gasteiger partial charge on any atom is -0.496 e. The van der Waals surface area contributed by atoms with Crippen LogP contribution in [0.1, 0.15) is 63.1 Å². The molecule has 3 aliphatic rings. The second kappa shape index (κ2) is 8.83. The van der Waals surface area contributed by atoms with Crippen LogP contribution in [-0.4, -0.2) is 47.4 Å². The van der Waals surface area contributed by atoms with Crippen LogP contribution in [0, 0.1) is 0 Å². The van der Waals surface area contributed by atoms with Gasteiger partial charge in [0.2, 0.25) is 5.76 Å². The Kier molecular flexibility index (Phi) is 6.24. The predicted octanol–water partition coefficient (Wildman–Crippen LogP) is 3.00. The Hall–Kier alpha value is -2.84. The molecule has 2 heterocycles. The Morgan fingerprint density at radius 3 is 2.48 bits per heavy atom. The van der Waals surface area contributed by atoms with Crippen molar-refractivity contribution in [3.05, 3.63) is 34.1 Å². The van der Waals surface area contributed by atoms with Crippen LogP contribution in [0.25, 0.3) is 5.57 Å². The number of hydrogen-bond donors (Lipinski definition) is 2. The van der Waals surface area contributed by atoms with Crippen LogP contribution in [0.4, 0.5) is 0 Å². The van der Waals surface area contributed by atoms with Crippen LogP contribution in [0.5, 0.6) is 17.2 Å². The molecule has 1 atom stereocenters. The molecule has 33 heavy (non-hydrogen) atoms. The molecule has 0 radical (unpaired) electrons. The van der Waals surface area contributed by atoms with E-state index in [9.17, 15) is 19.8 Å². The molecule has 0 amide bonds. The van der Waals surface area contributed by atoms with Gasteiger partial charge in [-0.25, -0.2) is 4.79 Å². The van der Waals surface area contributed by atoms with E-state index < -0.39 is 24.3 Å². The van der Waals surface area contributed by atoms with E-state index in [1.165, 1.54) is 0 Å². The van der Waals surface area contributed by atoms with E-state index in [0.717, 1.165) is 16.7 Å². The number of ether oxygens (including phenoxy) is 4. The minimum absolute atomic E-state index is 0.00233. The summed E-state index contributed by atoms with van der Waals surface area (Å²) >= 11 is 0. The second-order valence-corrected chi connectivity index (χ2v) is 9.03. The molecule has 8 nitrogen and oxygen atoms in total. The van der Waals surface area contributed by atoms with E-state index in [-0.39, 0.29) is 23.9 Å². The average Bonchev–Trinajstić information content (AvgIpc) is 3.23. The van der Waals surface area contributed by atoms with Crippen LogP contribution >= 0.6 is 0 Å². The zero-order valence-corrected chi connectivity index (χ0v) is 19.4. The molecule has 0 aromatic heterocycles. The number of allylic oxidation sites excluding steroid dienone is 3. The Balaban J connectivity index is 1.96. The van der Waals surface area contributed by atoms with Gasteiger partial charge in [-0.15, -0.1) is 0 Å². The molecular formula is C25H30O8. The topological polar surface area (TPSA) is 112 Å². The predicted molar refractivity (Wildman–Crippen MR) is 119 cm³/mol. The number of methoxy groups -OCH3 is 1. The van der Waals surface area contributed by atoms with Crippen LogP contribution in [0.15, 0.2) is 17.4 Å². The van der Waals surface area contributed by atoms with Crippen molar-refractivity contribution in [1.82, 2.24) is 0 Å². The average molecular weight is 459 g/mol. The number of Topliss-reactive ketones (excluding diaryl/α,β-unsaturated/α-hetero) is 1. The number of fused-ring (bicyclic) bond motifs is 2. The fourth-order valence-electron chi connectivity index (χ4n) is 4.63. The first-order valence-corrected chi connectivity index (χ1v) is 11.3. The first-order chi connectivity index (χ1) is 15.7. The largest absolute Gasteiger partial charge is 0.496 e. The van der Waals surface area contributed by atoms with Gasteiger partial charge in [-0.3, -0.25) is 4.79 Å². The van der Waals surface area contributed by atoms with Crippen LogP contribution < -0.4 is 14.2 Å². The Bertz CT molecular complexity index is 1050. The lowest BCUT2D eigenvalue weighted by Crippen LogP contribution is -2.39. The molecule has 0 saturated heterocycles. The van der Waals surface area contributed by atoms with Crippen molar-refractivity contribution < 1.29 is 38.7 Å². The molecule has 1 fully saturated rings. The van der Waals surface area contributed by atoms with Crippen molar-refractivity contribution in [2.24, 2.45) is 0 Å².